The zero-order chi connectivity index (χ0) is 20.9. The fourth-order valence-corrected chi connectivity index (χ4v) is 4.22. The van der Waals surface area contributed by atoms with Crippen molar-refractivity contribution in [2.45, 2.75) is 46.5 Å². The highest BCUT2D eigenvalue weighted by Crippen LogP contribution is 2.32. The predicted molar refractivity (Wildman–Crippen MR) is 117 cm³/mol. The van der Waals surface area contributed by atoms with Gasteiger partial charge in [0.15, 0.2) is 5.84 Å². The number of aryl methyl sites for hydroxylation is 2. The highest BCUT2D eigenvalue weighted by molar-refractivity contribution is 7.89. The van der Waals surface area contributed by atoms with E-state index in [1.807, 2.05) is 32.9 Å². The molecule has 0 aromatic heterocycles. The van der Waals surface area contributed by atoms with E-state index in [9.17, 15) is 9.81 Å². The Morgan fingerprint density at radius 2 is 2.21 bits per heavy atom. The number of benzene rings is 1. The van der Waals surface area contributed by atoms with Crippen LogP contribution in [-0.4, -0.2) is 34.6 Å². The van der Waals surface area contributed by atoms with Gasteiger partial charge < -0.3 is 15.2 Å². The van der Waals surface area contributed by atoms with Crippen LogP contribution in [0.5, 0.6) is 0 Å². The van der Waals surface area contributed by atoms with Crippen LogP contribution in [0.3, 0.4) is 0 Å². The molecule has 1 unspecified atom stereocenters. The van der Waals surface area contributed by atoms with Crippen molar-refractivity contribution in [3.8, 4) is 6.07 Å². The molecule has 2 N–H and O–H groups in total. The van der Waals surface area contributed by atoms with Gasteiger partial charge in [-0.15, -0.1) is 0 Å². The Bertz CT molecular complexity index is 779. The van der Waals surface area contributed by atoms with E-state index in [1.54, 1.807) is 0 Å². The molecule has 0 saturated carbocycles. The average molecular weight is 401 g/mol. The van der Waals surface area contributed by atoms with Crippen LogP contribution >= 0.6 is 0 Å². The number of rotatable bonds is 7. The van der Waals surface area contributed by atoms with E-state index >= 15 is 0 Å². The highest BCUT2D eigenvalue weighted by Gasteiger charge is 2.29. The van der Waals surface area contributed by atoms with Gasteiger partial charge in [-0.2, -0.15) is 5.26 Å². The van der Waals surface area contributed by atoms with Crippen molar-refractivity contribution in [3.63, 3.8) is 0 Å². The Kier molecular flexibility index (Phi) is 7.56. The maximum Gasteiger partial charge on any atom is 0.182 e. The van der Waals surface area contributed by atoms with Crippen LogP contribution in [0.2, 0.25) is 0 Å². The van der Waals surface area contributed by atoms with Gasteiger partial charge >= 0.3 is 0 Å². The Morgan fingerprint density at radius 1 is 1.50 bits per heavy atom. The molecule has 1 aromatic carbocycles. The number of allylic oxidation sites excluding steroid dienone is 1. The second-order valence-corrected chi connectivity index (χ2v) is 9.22. The van der Waals surface area contributed by atoms with Crippen LogP contribution in [0.15, 0.2) is 34.9 Å². The molecule has 28 heavy (non-hydrogen) atoms. The summed E-state index contributed by atoms with van der Waals surface area (Å²) in [5.74, 6) is 0.898. The molecule has 1 aliphatic rings. The van der Waals surface area contributed by atoms with E-state index < -0.39 is 16.8 Å². The largest absolute Gasteiger partial charge is 0.591 e. The lowest BCUT2D eigenvalue weighted by molar-refractivity contribution is 0.185. The highest BCUT2D eigenvalue weighted by atomic mass is 32.2. The third kappa shape index (κ3) is 5.52. The van der Waals surface area contributed by atoms with Gasteiger partial charge in [0.1, 0.15) is 6.26 Å². The van der Waals surface area contributed by atoms with Gasteiger partial charge in [0.2, 0.25) is 0 Å². The van der Waals surface area contributed by atoms with E-state index in [4.69, 9.17) is 5.73 Å². The number of nitrogens with zero attached hydrogens (tertiary/aromatic N) is 3. The van der Waals surface area contributed by atoms with E-state index in [2.05, 4.69) is 28.0 Å². The maximum absolute atomic E-state index is 11.5. The van der Waals surface area contributed by atoms with E-state index in [-0.39, 0.29) is 0 Å². The van der Waals surface area contributed by atoms with Gasteiger partial charge in [0.25, 0.3) is 0 Å². The second-order valence-electron chi connectivity index (χ2n) is 8.19. The zero-order valence-corrected chi connectivity index (χ0v) is 18.3. The van der Waals surface area contributed by atoms with Crippen molar-refractivity contribution in [2.24, 2.45) is 21.5 Å². The fourth-order valence-electron chi connectivity index (χ4n) is 3.85. The molecule has 1 saturated heterocycles. The molecule has 0 aliphatic carbocycles. The molecule has 5 nitrogen and oxygen atoms in total. The van der Waals surface area contributed by atoms with Gasteiger partial charge in [0, 0.05) is 24.4 Å². The van der Waals surface area contributed by atoms with E-state index in [0.29, 0.717) is 11.8 Å². The molecular weight excluding hydrogens is 368 g/mol. The Hall–Kier alpha value is -1.97. The summed E-state index contributed by atoms with van der Waals surface area (Å²) in [6, 6.07) is 8.49. The third-order valence-corrected chi connectivity index (χ3v) is 6.02. The zero-order valence-electron chi connectivity index (χ0n) is 17.5. The second kappa shape index (κ2) is 9.49. The van der Waals surface area contributed by atoms with Crippen molar-refractivity contribution < 1.29 is 4.55 Å². The summed E-state index contributed by atoms with van der Waals surface area (Å²) in [4.78, 5) is 2.28. The molecule has 152 valence electrons. The van der Waals surface area contributed by atoms with Crippen LogP contribution in [0.25, 0.3) is 0 Å². The molecule has 2 atom stereocenters. The number of piperidine rings is 1. The normalized spacial score (nSPS) is 19.2. The molecule has 6 heteroatoms. The summed E-state index contributed by atoms with van der Waals surface area (Å²) in [7, 11) is 0. The van der Waals surface area contributed by atoms with Crippen molar-refractivity contribution in [1.29, 1.82) is 5.26 Å². The Morgan fingerprint density at radius 3 is 2.86 bits per heavy atom. The molecular formula is C22H32N4OS. The lowest BCUT2D eigenvalue weighted by Crippen LogP contribution is -2.38. The van der Waals surface area contributed by atoms with Gasteiger partial charge in [-0.1, -0.05) is 24.8 Å². The molecule has 0 bridgehead atoms. The standard InChI is InChI=1S/C22H32N4OS/c1-16-8-6-10-19(20(16)21(24)25-28(5)27)12-11-18-9-7-13-26(14-18)17(2)22(3,4)15-23/h6,8,10,18H,2,7,9,11-14H2,1,3-5H3,(H2,24,25)/t18-,28?/m1/s1. The van der Waals surface area contributed by atoms with Crippen LogP contribution < -0.4 is 5.73 Å². The molecule has 1 aliphatic heterocycles. The number of amidine groups is 1. The quantitative estimate of drug-likeness (QED) is 0.429. The van der Waals surface area contributed by atoms with Crippen molar-refractivity contribution in [3.05, 3.63) is 47.2 Å². The summed E-state index contributed by atoms with van der Waals surface area (Å²) < 4.78 is 15.5. The maximum atomic E-state index is 11.5. The minimum atomic E-state index is -1.32. The summed E-state index contributed by atoms with van der Waals surface area (Å²) in [5.41, 5.74) is 9.64. The summed E-state index contributed by atoms with van der Waals surface area (Å²) in [6.07, 6.45) is 5.76. The van der Waals surface area contributed by atoms with Gasteiger partial charge in [-0.25, -0.2) is 0 Å². The minimum absolute atomic E-state index is 0.350. The first-order valence-corrected chi connectivity index (χ1v) is 11.3. The molecule has 0 spiro atoms. The van der Waals surface area contributed by atoms with E-state index in [0.717, 1.165) is 54.7 Å². The number of nitrogens with two attached hydrogens (primary N) is 1. The van der Waals surface area contributed by atoms with Gasteiger partial charge in [0.05, 0.1) is 22.8 Å². The molecule has 2 rings (SSSR count). The van der Waals surface area contributed by atoms with E-state index in [1.165, 1.54) is 12.7 Å². The number of hydrogen-bond donors (Lipinski definition) is 1. The minimum Gasteiger partial charge on any atom is -0.591 e. The monoisotopic (exact) mass is 400 g/mol. The van der Waals surface area contributed by atoms with Crippen molar-refractivity contribution in [2.75, 3.05) is 19.3 Å². The predicted octanol–water partition coefficient (Wildman–Crippen LogP) is 3.70. The number of likely N-dealkylation sites (tertiary alicyclic amines) is 1. The van der Waals surface area contributed by atoms with Crippen LogP contribution in [-0.2, 0) is 17.8 Å². The number of nitriles is 1. The molecule has 0 amide bonds. The lowest BCUT2D eigenvalue weighted by Gasteiger charge is -2.39. The van der Waals surface area contributed by atoms with Crippen LogP contribution in [0.4, 0.5) is 0 Å². The lowest BCUT2D eigenvalue weighted by atomic mass is 9.86. The first kappa shape index (κ1) is 22.3. The van der Waals surface area contributed by atoms with Crippen molar-refractivity contribution in [1.82, 2.24) is 4.90 Å². The smallest absolute Gasteiger partial charge is 0.182 e. The van der Waals surface area contributed by atoms with Gasteiger partial charge in [-0.3, -0.25) is 0 Å². The summed E-state index contributed by atoms with van der Waals surface area (Å²) in [6.45, 7) is 12.0. The Labute approximate surface area is 172 Å². The number of hydrogen-bond acceptors (Lipinski definition) is 4. The summed E-state index contributed by atoms with van der Waals surface area (Å²) >= 11 is -1.32. The third-order valence-electron chi connectivity index (χ3n) is 5.57. The van der Waals surface area contributed by atoms with Crippen LogP contribution in [0.1, 0.15) is 49.8 Å². The Balaban J connectivity index is 2.10. The first-order chi connectivity index (χ1) is 13.2. The van der Waals surface area contributed by atoms with Gasteiger partial charge in [-0.05, 0) is 67.9 Å². The molecule has 1 fully saturated rings. The molecule has 1 aromatic rings. The molecule has 0 radical (unpaired) electrons. The molecule has 1 heterocycles. The summed E-state index contributed by atoms with van der Waals surface area (Å²) in [5, 5.41) is 9.40. The topological polar surface area (TPSA) is 88.5 Å². The van der Waals surface area contributed by atoms with Crippen LogP contribution in [0, 0.1) is 29.6 Å². The average Bonchev–Trinajstić information content (AvgIpc) is 2.65. The fraction of sp³-hybridized carbons (Fsp3) is 0.545. The van der Waals surface area contributed by atoms with Crippen molar-refractivity contribution >= 4 is 17.2 Å². The SMILES string of the molecule is C=C(N1CCC[C@H](CCc2cccc(C)c2/C(N)=N\[S+](C)[O-])C1)C(C)(C)C#N. The first-order valence-electron chi connectivity index (χ1n) is 9.78.